The van der Waals surface area contributed by atoms with Crippen molar-refractivity contribution in [3.8, 4) is 11.8 Å². The summed E-state index contributed by atoms with van der Waals surface area (Å²) in [5, 5.41) is 2.53. The predicted octanol–water partition coefficient (Wildman–Crippen LogP) is 2.03. The molecule has 0 aliphatic heterocycles. The molecule has 5 N–H and O–H groups in total. The van der Waals surface area contributed by atoms with Gasteiger partial charge < -0.3 is 16.8 Å². The highest BCUT2D eigenvalue weighted by Crippen LogP contribution is 2.09. The van der Waals surface area contributed by atoms with Gasteiger partial charge in [-0.25, -0.2) is 0 Å². The molecule has 0 fully saturated rings. The summed E-state index contributed by atoms with van der Waals surface area (Å²) >= 11 is 0. The van der Waals surface area contributed by atoms with Gasteiger partial charge in [0.15, 0.2) is 0 Å². The van der Waals surface area contributed by atoms with Gasteiger partial charge in [-0.05, 0) is 48.5 Å². The molecule has 2 atom stereocenters. The van der Waals surface area contributed by atoms with Crippen molar-refractivity contribution in [3.05, 3.63) is 78.4 Å². The first-order chi connectivity index (χ1) is 12.9. The topological polar surface area (TPSA) is 98.2 Å². The van der Waals surface area contributed by atoms with Crippen LogP contribution in [0.4, 0.5) is 5.69 Å². The maximum atomic E-state index is 12.2. The Morgan fingerprint density at radius 2 is 1.44 bits per heavy atom. The SMILES string of the molecule is C=C.[B]C(C)C(NC(=O)c1ccc(C#Cc2ccc(N)cc2)cc1)C(N)=O. The lowest BCUT2D eigenvalue weighted by molar-refractivity contribution is -0.119. The second kappa shape index (κ2) is 10.5. The Labute approximate surface area is 161 Å². The van der Waals surface area contributed by atoms with Crippen LogP contribution in [0.2, 0.25) is 5.82 Å². The van der Waals surface area contributed by atoms with Gasteiger partial charge in [0.2, 0.25) is 5.91 Å². The van der Waals surface area contributed by atoms with Crippen molar-refractivity contribution in [3.63, 3.8) is 0 Å². The Morgan fingerprint density at radius 3 is 1.85 bits per heavy atom. The molecule has 0 aliphatic rings. The number of nitrogens with two attached hydrogens (primary N) is 2. The van der Waals surface area contributed by atoms with Gasteiger partial charge in [0, 0.05) is 22.4 Å². The lowest BCUT2D eigenvalue weighted by Crippen LogP contribution is -2.46. The molecule has 2 radical (unpaired) electrons. The van der Waals surface area contributed by atoms with Crippen molar-refractivity contribution >= 4 is 25.3 Å². The Balaban J connectivity index is 0.00000176. The highest BCUT2D eigenvalue weighted by molar-refractivity contribution is 6.14. The van der Waals surface area contributed by atoms with E-state index in [-0.39, 0.29) is 0 Å². The zero-order chi connectivity index (χ0) is 20.4. The molecular formula is C21H22BN3O2. The summed E-state index contributed by atoms with van der Waals surface area (Å²) in [4.78, 5) is 23.5. The number of hydrogen-bond donors (Lipinski definition) is 3. The van der Waals surface area contributed by atoms with E-state index >= 15 is 0 Å². The van der Waals surface area contributed by atoms with Gasteiger partial charge in [0.05, 0.1) is 7.85 Å². The zero-order valence-electron chi connectivity index (χ0n) is 15.2. The molecule has 2 unspecified atom stereocenters. The molecule has 6 heteroatoms. The van der Waals surface area contributed by atoms with E-state index in [0.29, 0.717) is 11.3 Å². The summed E-state index contributed by atoms with van der Waals surface area (Å²) in [6.45, 7) is 7.60. The van der Waals surface area contributed by atoms with Crippen molar-refractivity contribution in [2.24, 2.45) is 5.73 Å². The molecule has 27 heavy (non-hydrogen) atoms. The summed E-state index contributed by atoms with van der Waals surface area (Å²) in [5.74, 6) is 4.36. The zero-order valence-corrected chi connectivity index (χ0v) is 15.2. The number of anilines is 1. The molecule has 0 saturated carbocycles. The van der Waals surface area contributed by atoms with Crippen LogP contribution in [0, 0.1) is 11.8 Å². The van der Waals surface area contributed by atoms with E-state index in [1.54, 1.807) is 43.3 Å². The minimum atomic E-state index is -0.919. The van der Waals surface area contributed by atoms with E-state index in [1.807, 2.05) is 12.1 Å². The summed E-state index contributed by atoms with van der Waals surface area (Å²) in [6, 6.07) is 13.0. The van der Waals surface area contributed by atoms with Gasteiger partial charge in [-0.3, -0.25) is 9.59 Å². The number of benzene rings is 2. The van der Waals surface area contributed by atoms with Crippen LogP contribution in [0.5, 0.6) is 0 Å². The second-order valence-corrected chi connectivity index (χ2v) is 5.66. The van der Waals surface area contributed by atoms with E-state index in [9.17, 15) is 9.59 Å². The molecule has 2 rings (SSSR count). The lowest BCUT2D eigenvalue weighted by atomic mass is 9.82. The molecule has 0 aliphatic carbocycles. The molecule has 0 heterocycles. The summed E-state index contributed by atoms with van der Waals surface area (Å²) < 4.78 is 0. The largest absolute Gasteiger partial charge is 0.399 e. The molecule has 0 spiro atoms. The van der Waals surface area contributed by atoms with Gasteiger partial charge >= 0.3 is 0 Å². The average molecular weight is 359 g/mol. The maximum Gasteiger partial charge on any atom is 0.251 e. The van der Waals surface area contributed by atoms with E-state index in [2.05, 4.69) is 30.3 Å². The van der Waals surface area contributed by atoms with Gasteiger partial charge in [-0.15, -0.1) is 13.2 Å². The normalized spacial score (nSPS) is 11.6. The minimum Gasteiger partial charge on any atom is -0.399 e. The standard InChI is InChI=1S/C19H18BN3O2.C2H4/c1-12(20)17(18(22)24)23-19(25)15-8-4-13(5-9-15)2-3-14-6-10-16(21)11-7-14;1-2/h4-12,17H,21H2,1H3,(H2,22,24)(H,23,25);1-2H2. The number of rotatable bonds is 4. The molecule has 0 bridgehead atoms. The van der Waals surface area contributed by atoms with Crippen LogP contribution in [-0.2, 0) is 4.79 Å². The number of nitrogen functional groups attached to an aromatic ring is 1. The Morgan fingerprint density at radius 1 is 1.00 bits per heavy atom. The number of nitrogens with one attached hydrogen (secondary N) is 1. The van der Waals surface area contributed by atoms with Crippen LogP contribution in [0.25, 0.3) is 0 Å². The quantitative estimate of drug-likeness (QED) is 0.337. The van der Waals surface area contributed by atoms with Crippen LogP contribution in [0.3, 0.4) is 0 Å². The fourth-order valence-corrected chi connectivity index (χ4v) is 2.10. The number of primary amides is 1. The fraction of sp³-hybridized carbons (Fsp3) is 0.143. The van der Waals surface area contributed by atoms with Crippen LogP contribution in [0.1, 0.15) is 28.4 Å². The first kappa shape index (κ1) is 21.6. The fourth-order valence-electron chi connectivity index (χ4n) is 2.10. The minimum absolute atomic E-state index is 0.393. The second-order valence-electron chi connectivity index (χ2n) is 5.66. The van der Waals surface area contributed by atoms with E-state index < -0.39 is 23.7 Å². The molecule has 0 saturated heterocycles. The van der Waals surface area contributed by atoms with E-state index in [0.717, 1.165) is 11.1 Å². The van der Waals surface area contributed by atoms with Crippen LogP contribution in [-0.4, -0.2) is 25.7 Å². The molecule has 0 aromatic heterocycles. The van der Waals surface area contributed by atoms with Crippen molar-refractivity contribution < 1.29 is 9.59 Å². The predicted molar refractivity (Wildman–Crippen MR) is 110 cm³/mol. The van der Waals surface area contributed by atoms with Gasteiger partial charge in [-0.2, -0.15) is 0 Å². The van der Waals surface area contributed by atoms with Crippen molar-refractivity contribution in [1.29, 1.82) is 0 Å². The third kappa shape index (κ3) is 6.75. The third-order valence-corrected chi connectivity index (χ3v) is 3.53. The van der Waals surface area contributed by atoms with E-state index in [1.165, 1.54) is 0 Å². The Kier molecular flexibility index (Phi) is 8.41. The highest BCUT2D eigenvalue weighted by Gasteiger charge is 2.21. The molecule has 2 aromatic rings. The molecule has 2 aromatic carbocycles. The van der Waals surface area contributed by atoms with Gasteiger partial charge in [-0.1, -0.05) is 24.6 Å². The number of amides is 2. The Hall–Kier alpha value is -3.46. The summed E-state index contributed by atoms with van der Waals surface area (Å²) in [6.07, 6.45) is 0. The summed E-state index contributed by atoms with van der Waals surface area (Å²) in [7, 11) is 5.65. The highest BCUT2D eigenvalue weighted by atomic mass is 16.2. The average Bonchev–Trinajstić information content (AvgIpc) is 2.67. The van der Waals surface area contributed by atoms with Crippen molar-refractivity contribution in [2.75, 3.05) is 5.73 Å². The van der Waals surface area contributed by atoms with Crippen molar-refractivity contribution in [1.82, 2.24) is 5.32 Å². The first-order valence-electron chi connectivity index (χ1n) is 8.20. The molecule has 5 nitrogen and oxygen atoms in total. The van der Waals surface area contributed by atoms with Crippen molar-refractivity contribution in [2.45, 2.75) is 18.8 Å². The maximum absolute atomic E-state index is 12.2. The monoisotopic (exact) mass is 359 g/mol. The smallest absolute Gasteiger partial charge is 0.251 e. The third-order valence-electron chi connectivity index (χ3n) is 3.53. The van der Waals surface area contributed by atoms with Crippen LogP contribution < -0.4 is 16.8 Å². The van der Waals surface area contributed by atoms with Crippen LogP contribution in [0.15, 0.2) is 61.7 Å². The van der Waals surface area contributed by atoms with Crippen LogP contribution >= 0.6 is 0 Å². The lowest BCUT2D eigenvalue weighted by Gasteiger charge is -2.19. The summed E-state index contributed by atoms with van der Waals surface area (Å²) in [5.41, 5.74) is 13.5. The first-order valence-corrected chi connectivity index (χ1v) is 8.20. The van der Waals surface area contributed by atoms with Gasteiger partial charge in [0.1, 0.15) is 6.04 Å². The van der Waals surface area contributed by atoms with Gasteiger partial charge in [0.25, 0.3) is 5.91 Å². The molecule has 136 valence electrons. The number of hydrogen-bond acceptors (Lipinski definition) is 3. The number of carbonyl (C=O) groups excluding carboxylic acids is 2. The number of carbonyl (C=O) groups is 2. The molecule has 2 amide bonds. The molecular weight excluding hydrogens is 337 g/mol. The van der Waals surface area contributed by atoms with E-state index in [4.69, 9.17) is 19.3 Å². The Bertz CT molecular complexity index is 834.